The topological polar surface area (TPSA) is 54.5 Å². The van der Waals surface area contributed by atoms with E-state index < -0.39 is 0 Å². The highest BCUT2D eigenvalue weighted by atomic mass is 15.0. The largest absolute Gasteiger partial charge is 0.347 e. The fraction of sp³-hybridized carbons (Fsp3) is 0.611. The van der Waals surface area contributed by atoms with E-state index in [1.54, 1.807) is 0 Å². The van der Waals surface area contributed by atoms with Crippen molar-refractivity contribution in [1.29, 1.82) is 5.26 Å². The first-order chi connectivity index (χ1) is 10.2. The molecule has 116 valence electrons. The highest BCUT2D eigenvalue weighted by Gasteiger charge is 2.38. The predicted molar refractivity (Wildman–Crippen MR) is 87.4 cm³/mol. The van der Waals surface area contributed by atoms with Gasteiger partial charge in [-0.3, -0.25) is 0 Å². The molecule has 2 aromatic rings. The van der Waals surface area contributed by atoms with Crippen molar-refractivity contribution in [2.75, 3.05) is 0 Å². The summed E-state index contributed by atoms with van der Waals surface area (Å²) in [4.78, 5) is 9.04. The van der Waals surface area contributed by atoms with E-state index >= 15 is 0 Å². The van der Waals surface area contributed by atoms with E-state index in [0.29, 0.717) is 11.2 Å². The van der Waals surface area contributed by atoms with E-state index in [1.165, 1.54) is 18.4 Å². The molecule has 1 aliphatic carbocycles. The second-order valence-electron chi connectivity index (χ2n) is 8.29. The number of hydrogen-bond acceptors (Lipinski definition) is 3. The zero-order chi connectivity index (χ0) is 16.1. The maximum absolute atomic E-state index is 9.28. The molecule has 0 atom stereocenters. The Labute approximate surface area is 132 Å². The number of aryl methyl sites for hydroxylation is 1. The zero-order valence-corrected chi connectivity index (χ0v) is 14.2. The van der Waals surface area contributed by atoms with Gasteiger partial charge in [-0.1, -0.05) is 27.7 Å². The lowest BCUT2D eigenvalue weighted by atomic mass is 9.89. The Kier molecular flexibility index (Phi) is 3.28. The Balaban J connectivity index is 2.17. The van der Waals surface area contributed by atoms with Gasteiger partial charge in [-0.2, -0.15) is 5.26 Å². The van der Waals surface area contributed by atoms with Crippen molar-refractivity contribution in [2.45, 2.75) is 53.4 Å². The van der Waals surface area contributed by atoms with E-state index in [1.807, 2.05) is 0 Å². The lowest BCUT2D eigenvalue weighted by molar-refractivity contribution is 0.412. The molecule has 0 radical (unpaired) electrons. The molecule has 1 fully saturated rings. The standard InChI is InChI=1S/C18H24N4/c1-17(2,3)8-12-11-22(5)16-13(9-18(4)6-7-18)20-14(10-19)21-15(12)16/h11H,6-9H2,1-5H3. The molecule has 2 aromatic heterocycles. The van der Waals surface area contributed by atoms with Crippen LogP contribution in [0.25, 0.3) is 11.0 Å². The van der Waals surface area contributed by atoms with Gasteiger partial charge in [0.25, 0.3) is 0 Å². The molecule has 0 unspecified atom stereocenters. The molecule has 0 aliphatic heterocycles. The highest BCUT2D eigenvalue weighted by molar-refractivity contribution is 5.82. The summed E-state index contributed by atoms with van der Waals surface area (Å²) in [6.45, 7) is 8.98. The van der Waals surface area contributed by atoms with Crippen LogP contribution in [0.1, 0.15) is 57.6 Å². The van der Waals surface area contributed by atoms with Crippen molar-refractivity contribution in [2.24, 2.45) is 17.9 Å². The van der Waals surface area contributed by atoms with Crippen molar-refractivity contribution in [3.05, 3.63) is 23.3 Å². The molecule has 0 aromatic carbocycles. The number of nitrogens with zero attached hydrogens (tertiary/aromatic N) is 4. The van der Waals surface area contributed by atoms with Crippen LogP contribution in [0.2, 0.25) is 0 Å². The Morgan fingerprint density at radius 2 is 2.00 bits per heavy atom. The van der Waals surface area contributed by atoms with Gasteiger partial charge in [-0.15, -0.1) is 0 Å². The van der Waals surface area contributed by atoms with Crippen LogP contribution in [0.5, 0.6) is 0 Å². The summed E-state index contributed by atoms with van der Waals surface area (Å²) in [6.07, 6.45) is 6.54. The smallest absolute Gasteiger partial charge is 0.233 e. The number of fused-ring (bicyclic) bond motifs is 1. The van der Waals surface area contributed by atoms with Crippen LogP contribution in [0, 0.1) is 22.2 Å². The molecule has 4 nitrogen and oxygen atoms in total. The number of aromatic nitrogens is 3. The minimum atomic E-state index is 0.189. The summed E-state index contributed by atoms with van der Waals surface area (Å²) in [5.74, 6) is 0.299. The van der Waals surface area contributed by atoms with Crippen LogP contribution < -0.4 is 0 Å². The zero-order valence-electron chi connectivity index (χ0n) is 14.2. The van der Waals surface area contributed by atoms with Gasteiger partial charge in [0.1, 0.15) is 6.07 Å². The fourth-order valence-electron chi connectivity index (χ4n) is 3.12. The van der Waals surface area contributed by atoms with E-state index in [2.05, 4.69) is 61.5 Å². The lowest BCUT2D eigenvalue weighted by Gasteiger charge is -2.17. The average Bonchev–Trinajstić information content (AvgIpc) is 3.04. The molecule has 0 saturated heterocycles. The normalized spacial score (nSPS) is 16.7. The van der Waals surface area contributed by atoms with Crippen molar-refractivity contribution in [1.82, 2.24) is 14.5 Å². The molecule has 0 spiro atoms. The minimum absolute atomic E-state index is 0.189. The second kappa shape index (κ2) is 4.81. The van der Waals surface area contributed by atoms with Gasteiger partial charge in [-0.05, 0) is 42.1 Å². The maximum Gasteiger partial charge on any atom is 0.233 e. The summed E-state index contributed by atoms with van der Waals surface area (Å²) < 4.78 is 2.14. The van der Waals surface area contributed by atoms with Gasteiger partial charge in [-0.25, -0.2) is 9.97 Å². The molecule has 1 aliphatic rings. The molecule has 1 saturated carbocycles. The van der Waals surface area contributed by atoms with Crippen molar-refractivity contribution < 1.29 is 0 Å². The summed E-state index contributed by atoms with van der Waals surface area (Å²) >= 11 is 0. The summed E-state index contributed by atoms with van der Waals surface area (Å²) in [5.41, 5.74) is 4.86. The highest BCUT2D eigenvalue weighted by Crippen LogP contribution is 2.48. The third-order valence-electron chi connectivity index (χ3n) is 4.48. The van der Waals surface area contributed by atoms with E-state index in [9.17, 15) is 5.26 Å². The maximum atomic E-state index is 9.28. The Hall–Kier alpha value is -1.89. The van der Waals surface area contributed by atoms with Gasteiger partial charge >= 0.3 is 0 Å². The molecule has 0 N–H and O–H groups in total. The number of rotatable bonds is 3. The first-order valence-corrected chi connectivity index (χ1v) is 7.96. The Bertz CT molecular complexity index is 767. The first kappa shape index (κ1) is 15.0. The minimum Gasteiger partial charge on any atom is -0.347 e. The van der Waals surface area contributed by atoms with Crippen LogP contribution in [0.4, 0.5) is 0 Å². The number of hydrogen-bond donors (Lipinski definition) is 0. The summed E-state index contributed by atoms with van der Waals surface area (Å²) in [7, 11) is 2.06. The van der Waals surface area contributed by atoms with Crippen LogP contribution in [-0.4, -0.2) is 14.5 Å². The van der Waals surface area contributed by atoms with Crippen molar-refractivity contribution >= 4 is 11.0 Å². The summed E-state index contributed by atoms with van der Waals surface area (Å²) in [5, 5.41) is 9.28. The van der Waals surface area contributed by atoms with Gasteiger partial charge in [0.05, 0.1) is 16.7 Å². The quantitative estimate of drug-likeness (QED) is 0.866. The average molecular weight is 296 g/mol. The number of nitriles is 1. The summed E-state index contributed by atoms with van der Waals surface area (Å²) in [6, 6.07) is 2.13. The molecule has 0 amide bonds. The third-order valence-corrected chi connectivity index (χ3v) is 4.48. The molecule has 22 heavy (non-hydrogen) atoms. The fourth-order valence-corrected chi connectivity index (χ4v) is 3.12. The van der Waals surface area contributed by atoms with Crippen molar-refractivity contribution in [3.63, 3.8) is 0 Å². The van der Waals surface area contributed by atoms with E-state index in [4.69, 9.17) is 0 Å². The lowest BCUT2D eigenvalue weighted by Crippen LogP contribution is -2.09. The van der Waals surface area contributed by atoms with Gasteiger partial charge in [0.2, 0.25) is 5.82 Å². The second-order valence-corrected chi connectivity index (χ2v) is 8.29. The molecular weight excluding hydrogens is 272 g/mol. The molecule has 2 heterocycles. The molecular formula is C18H24N4. The van der Waals surface area contributed by atoms with Gasteiger partial charge in [0.15, 0.2) is 0 Å². The van der Waals surface area contributed by atoms with Crippen LogP contribution in [0.3, 0.4) is 0 Å². The molecule has 3 rings (SSSR count). The molecule has 4 heteroatoms. The Morgan fingerprint density at radius 3 is 2.55 bits per heavy atom. The van der Waals surface area contributed by atoms with E-state index in [-0.39, 0.29) is 5.41 Å². The van der Waals surface area contributed by atoms with E-state index in [0.717, 1.165) is 29.6 Å². The predicted octanol–water partition coefficient (Wildman–Crippen LogP) is 3.77. The van der Waals surface area contributed by atoms with Crippen LogP contribution >= 0.6 is 0 Å². The monoisotopic (exact) mass is 296 g/mol. The van der Waals surface area contributed by atoms with Crippen molar-refractivity contribution in [3.8, 4) is 6.07 Å². The van der Waals surface area contributed by atoms with Gasteiger partial charge < -0.3 is 4.57 Å². The van der Waals surface area contributed by atoms with Crippen LogP contribution in [-0.2, 0) is 19.9 Å². The van der Waals surface area contributed by atoms with Gasteiger partial charge in [0, 0.05) is 13.2 Å². The third kappa shape index (κ3) is 2.85. The first-order valence-electron chi connectivity index (χ1n) is 7.96. The molecule has 0 bridgehead atoms. The van der Waals surface area contributed by atoms with Crippen LogP contribution in [0.15, 0.2) is 6.20 Å². The SMILES string of the molecule is Cn1cc(CC(C)(C)C)c2nc(C#N)nc(CC3(C)CC3)c21. The Morgan fingerprint density at radius 1 is 1.32 bits per heavy atom.